The van der Waals surface area contributed by atoms with Crippen molar-refractivity contribution < 1.29 is 5.11 Å². The highest BCUT2D eigenvalue weighted by atomic mass is 16.3. The van der Waals surface area contributed by atoms with Gasteiger partial charge in [0.15, 0.2) is 0 Å². The maximum absolute atomic E-state index is 10.2. The molecule has 0 unspecified atom stereocenters. The van der Waals surface area contributed by atoms with Crippen LogP contribution in [0.1, 0.15) is 46.0 Å². The van der Waals surface area contributed by atoms with Crippen molar-refractivity contribution in [3.05, 3.63) is 0 Å². The molecule has 116 valence electrons. The van der Waals surface area contributed by atoms with Gasteiger partial charge in [0.25, 0.3) is 0 Å². The molecule has 0 aromatic heterocycles. The second kappa shape index (κ2) is 5.94. The van der Waals surface area contributed by atoms with E-state index in [0.717, 1.165) is 49.9 Å². The molecule has 4 rings (SSSR count). The van der Waals surface area contributed by atoms with Crippen molar-refractivity contribution in [1.29, 1.82) is 0 Å². The number of hydrogen-bond acceptors (Lipinski definition) is 3. The predicted molar refractivity (Wildman–Crippen MR) is 82.7 cm³/mol. The standard InChI is InChI=1S/C17H32N2O/c1-3-19(4-2)6-5-18-17(12-20)15-8-13-7-14(10-15)11-16(17)9-13/h13-16,18,20H,3-12H2,1-2H3. The van der Waals surface area contributed by atoms with Crippen molar-refractivity contribution in [2.24, 2.45) is 23.7 Å². The Bertz CT molecular complexity index is 299. The van der Waals surface area contributed by atoms with Gasteiger partial charge in [-0.1, -0.05) is 13.8 Å². The Hall–Kier alpha value is -0.120. The number of hydrogen-bond donors (Lipinski definition) is 2. The van der Waals surface area contributed by atoms with Gasteiger partial charge in [0.1, 0.15) is 0 Å². The lowest BCUT2D eigenvalue weighted by molar-refractivity contribution is -0.0954. The molecule has 0 amide bonds. The molecule has 4 aliphatic rings. The minimum Gasteiger partial charge on any atom is -0.394 e. The van der Waals surface area contributed by atoms with E-state index < -0.39 is 0 Å². The van der Waals surface area contributed by atoms with E-state index in [9.17, 15) is 5.11 Å². The average Bonchev–Trinajstić information content (AvgIpc) is 2.46. The fraction of sp³-hybridized carbons (Fsp3) is 1.00. The maximum Gasteiger partial charge on any atom is 0.0618 e. The van der Waals surface area contributed by atoms with Crippen molar-refractivity contribution in [1.82, 2.24) is 10.2 Å². The first-order valence-corrected chi connectivity index (χ1v) is 8.80. The lowest BCUT2D eigenvalue weighted by Gasteiger charge is -2.61. The van der Waals surface area contributed by atoms with E-state index in [1.54, 1.807) is 0 Å². The van der Waals surface area contributed by atoms with Crippen LogP contribution in [0.15, 0.2) is 0 Å². The van der Waals surface area contributed by atoms with E-state index >= 15 is 0 Å². The lowest BCUT2D eigenvalue weighted by atomic mass is 9.48. The van der Waals surface area contributed by atoms with Crippen molar-refractivity contribution >= 4 is 0 Å². The van der Waals surface area contributed by atoms with Gasteiger partial charge in [-0.3, -0.25) is 0 Å². The summed E-state index contributed by atoms with van der Waals surface area (Å²) in [6.45, 7) is 9.20. The van der Waals surface area contributed by atoms with E-state index in [-0.39, 0.29) is 5.54 Å². The monoisotopic (exact) mass is 280 g/mol. The fourth-order valence-electron chi connectivity index (χ4n) is 5.61. The van der Waals surface area contributed by atoms with E-state index in [4.69, 9.17) is 0 Å². The van der Waals surface area contributed by atoms with Crippen LogP contribution in [0.2, 0.25) is 0 Å². The quantitative estimate of drug-likeness (QED) is 0.750. The van der Waals surface area contributed by atoms with Gasteiger partial charge in [0.05, 0.1) is 6.61 Å². The maximum atomic E-state index is 10.2. The molecule has 4 saturated carbocycles. The Morgan fingerprint density at radius 3 is 2.00 bits per heavy atom. The molecular formula is C17H32N2O. The Kier molecular flexibility index (Phi) is 4.40. The zero-order chi connectivity index (χ0) is 14.2. The minimum absolute atomic E-state index is 0.0561. The van der Waals surface area contributed by atoms with Crippen LogP contribution in [0.5, 0.6) is 0 Å². The summed E-state index contributed by atoms with van der Waals surface area (Å²) in [4.78, 5) is 2.47. The Labute approximate surface area is 124 Å². The second-order valence-electron chi connectivity index (χ2n) is 7.46. The molecule has 0 heterocycles. The van der Waals surface area contributed by atoms with Gasteiger partial charge in [-0.05, 0) is 68.9 Å². The highest BCUT2D eigenvalue weighted by Crippen LogP contribution is 2.58. The molecule has 3 nitrogen and oxygen atoms in total. The molecule has 4 fully saturated rings. The summed E-state index contributed by atoms with van der Waals surface area (Å²) in [6.07, 6.45) is 6.95. The largest absolute Gasteiger partial charge is 0.394 e. The van der Waals surface area contributed by atoms with Crippen LogP contribution >= 0.6 is 0 Å². The fourth-order valence-corrected chi connectivity index (χ4v) is 5.61. The van der Waals surface area contributed by atoms with Gasteiger partial charge in [-0.25, -0.2) is 0 Å². The van der Waals surface area contributed by atoms with Gasteiger partial charge in [0, 0.05) is 18.6 Å². The van der Waals surface area contributed by atoms with Crippen LogP contribution in [0, 0.1) is 23.7 Å². The molecule has 0 aromatic carbocycles. The molecular weight excluding hydrogens is 248 g/mol. The molecule has 0 saturated heterocycles. The minimum atomic E-state index is 0.0561. The molecule has 20 heavy (non-hydrogen) atoms. The van der Waals surface area contributed by atoms with Gasteiger partial charge < -0.3 is 15.3 Å². The Morgan fingerprint density at radius 2 is 1.55 bits per heavy atom. The van der Waals surface area contributed by atoms with Gasteiger partial charge >= 0.3 is 0 Å². The third-order valence-electron chi connectivity index (χ3n) is 6.63. The SMILES string of the molecule is CCN(CC)CCNC1(CO)C2CC3CC(C2)CC1C3. The van der Waals surface area contributed by atoms with Crippen LogP contribution in [0.25, 0.3) is 0 Å². The van der Waals surface area contributed by atoms with Gasteiger partial charge in [-0.2, -0.15) is 0 Å². The molecule has 0 atom stereocenters. The number of nitrogens with zero attached hydrogens (tertiary/aromatic N) is 1. The zero-order valence-corrected chi connectivity index (χ0v) is 13.3. The highest BCUT2D eigenvalue weighted by Gasteiger charge is 2.56. The molecule has 2 N–H and O–H groups in total. The molecule has 4 aliphatic carbocycles. The van der Waals surface area contributed by atoms with Crippen molar-refractivity contribution in [2.75, 3.05) is 32.8 Å². The Balaban J connectivity index is 1.63. The molecule has 0 aromatic rings. The first-order valence-electron chi connectivity index (χ1n) is 8.80. The van der Waals surface area contributed by atoms with Crippen LogP contribution in [-0.2, 0) is 0 Å². The summed E-state index contributed by atoms with van der Waals surface area (Å²) in [7, 11) is 0. The van der Waals surface area contributed by atoms with E-state index in [0.29, 0.717) is 6.61 Å². The van der Waals surface area contributed by atoms with E-state index in [2.05, 4.69) is 24.1 Å². The smallest absolute Gasteiger partial charge is 0.0618 e. The third-order valence-corrected chi connectivity index (χ3v) is 6.63. The summed E-state index contributed by atoms with van der Waals surface area (Å²) in [5, 5.41) is 14.0. The first-order chi connectivity index (χ1) is 9.71. The molecule has 0 aliphatic heterocycles. The summed E-state index contributed by atoms with van der Waals surface area (Å²) >= 11 is 0. The number of aliphatic hydroxyl groups is 1. The van der Waals surface area contributed by atoms with Crippen LogP contribution in [0.4, 0.5) is 0 Å². The van der Waals surface area contributed by atoms with E-state index in [1.807, 2.05) is 0 Å². The summed E-state index contributed by atoms with van der Waals surface area (Å²) < 4.78 is 0. The van der Waals surface area contributed by atoms with Crippen molar-refractivity contribution in [2.45, 2.75) is 51.5 Å². The third kappa shape index (κ3) is 2.42. The van der Waals surface area contributed by atoms with Crippen LogP contribution in [-0.4, -0.2) is 48.3 Å². The van der Waals surface area contributed by atoms with Crippen molar-refractivity contribution in [3.8, 4) is 0 Å². The van der Waals surface area contributed by atoms with Gasteiger partial charge in [0.2, 0.25) is 0 Å². The number of likely N-dealkylation sites (N-methyl/N-ethyl adjacent to an activating group) is 1. The zero-order valence-electron chi connectivity index (χ0n) is 13.3. The average molecular weight is 280 g/mol. The normalized spacial score (nSPS) is 42.6. The van der Waals surface area contributed by atoms with E-state index in [1.165, 1.54) is 32.1 Å². The molecule has 0 spiro atoms. The van der Waals surface area contributed by atoms with Crippen molar-refractivity contribution in [3.63, 3.8) is 0 Å². The topological polar surface area (TPSA) is 35.5 Å². The molecule has 4 bridgehead atoms. The Morgan fingerprint density at radius 1 is 1.00 bits per heavy atom. The second-order valence-corrected chi connectivity index (χ2v) is 7.46. The first kappa shape index (κ1) is 14.8. The van der Waals surface area contributed by atoms with Gasteiger partial charge in [-0.15, -0.1) is 0 Å². The predicted octanol–water partition coefficient (Wildman–Crippen LogP) is 2.10. The molecule has 0 radical (unpaired) electrons. The van der Waals surface area contributed by atoms with Crippen LogP contribution in [0.3, 0.4) is 0 Å². The van der Waals surface area contributed by atoms with Crippen LogP contribution < -0.4 is 5.32 Å². The number of rotatable bonds is 7. The summed E-state index contributed by atoms with van der Waals surface area (Å²) in [5.74, 6) is 3.42. The number of aliphatic hydroxyl groups excluding tert-OH is 1. The lowest BCUT2D eigenvalue weighted by Crippen LogP contribution is -2.67. The number of nitrogens with one attached hydrogen (secondary N) is 1. The summed E-state index contributed by atoms with van der Waals surface area (Å²) in [5.41, 5.74) is 0.0561. The highest BCUT2D eigenvalue weighted by molar-refractivity contribution is 5.11. The molecule has 3 heteroatoms. The summed E-state index contributed by atoms with van der Waals surface area (Å²) in [6, 6.07) is 0.